The van der Waals surface area contributed by atoms with Crippen molar-refractivity contribution in [3.05, 3.63) is 142 Å². The molecule has 1 saturated carbocycles. The Morgan fingerprint density at radius 3 is 2.23 bits per heavy atom. The zero-order chi connectivity index (χ0) is 49.5. The Labute approximate surface area is 387 Å². The molecule has 0 radical (unpaired) electrons. The maximum atomic E-state index is 14.6. The number of nitrogens with zero attached hydrogens (tertiary/aromatic N) is 6. The van der Waals surface area contributed by atoms with Crippen LogP contribution in [0.3, 0.4) is 0 Å². The van der Waals surface area contributed by atoms with Crippen LogP contribution in [0.1, 0.15) is 75.4 Å². The first-order valence-corrected chi connectivity index (χ1v) is 22.5. The first kappa shape index (κ1) is 43.0. The number of aromatic nitrogens is 5. The first-order valence-electron chi connectivity index (χ1n) is 22.6. The van der Waals surface area contributed by atoms with Crippen molar-refractivity contribution in [2.24, 2.45) is 18.0 Å². The highest BCUT2D eigenvalue weighted by Crippen LogP contribution is 2.53. The Bertz CT molecular complexity index is 2910. The predicted molar refractivity (Wildman–Crippen MR) is 246 cm³/mol. The van der Waals surface area contributed by atoms with Crippen molar-refractivity contribution in [3.8, 4) is 22.9 Å². The number of amides is 2. The molecule has 4 aromatic carbocycles. The predicted octanol–water partition coefficient (Wildman–Crippen LogP) is 8.03. The molecule has 0 unspecified atom stereocenters. The van der Waals surface area contributed by atoms with Crippen molar-refractivity contribution < 1.29 is 46.1 Å². The Balaban J connectivity index is 1.20. The van der Waals surface area contributed by atoms with Gasteiger partial charge in [-0.05, 0) is 72.4 Å². The number of methoxy groups -OCH3 is 1. The number of ether oxygens (including phenoxy) is 2. The van der Waals surface area contributed by atoms with E-state index in [0.29, 0.717) is 24.0 Å². The van der Waals surface area contributed by atoms with Gasteiger partial charge in [0.05, 0.1) is 50.3 Å². The maximum absolute atomic E-state index is 14.6. The van der Waals surface area contributed by atoms with Crippen molar-refractivity contribution in [2.45, 2.75) is 72.3 Å². The summed E-state index contributed by atoms with van der Waals surface area (Å²) in [4.78, 5) is 47.1. The number of hydrogen-bond acceptors (Lipinski definition) is 13. The van der Waals surface area contributed by atoms with E-state index in [9.17, 15) is 18.9 Å². The number of hydrogen-bond donors (Lipinski definition) is 2. The molecular weight excluding hydrogens is 864 g/mol. The smallest absolute Gasteiger partial charge is 0.494 e. The van der Waals surface area contributed by atoms with Crippen molar-refractivity contribution in [3.63, 3.8) is 0 Å². The van der Waals surface area contributed by atoms with Crippen LogP contribution < -0.4 is 25.3 Å². The van der Waals surface area contributed by atoms with Crippen LogP contribution in [0.15, 0.2) is 108 Å². The van der Waals surface area contributed by atoms with Crippen LogP contribution in [0.2, 0.25) is 0 Å². The van der Waals surface area contributed by atoms with Crippen LogP contribution >= 0.6 is 7.82 Å². The number of benzene rings is 4. The van der Waals surface area contributed by atoms with Gasteiger partial charge in [0.15, 0.2) is 12.5 Å². The topological polar surface area (TPSA) is 199 Å². The fourth-order valence-corrected chi connectivity index (χ4v) is 8.59. The number of para-hydroxylation sites is 1. The van der Waals surface area contributed by atoms with E-state index in [4.69, 9.17) is 32.1 Å². The van der Waals surface area contributed by atoms with Gasteiger partial charge >= 0.3 is 13.8 Å². The molecule has 66 heavy (non-hydrogen) atoms. The highest BCUT2D eigenvalue weighted by atomic mass is 31.2. The van der Waals surface area contributed by atoms with Gasteiger partial charge in [-0.15, -0.1) is 10.2 Å². The molecule has 344 valence electrons. The van der Waals surface area contributed by atoms with E-state index in [-0.39, 0.29) is 71.2 Å². The lowest BCUT2D eigenvalue weighted by Crippen LogP contribution is -2.30. The van der Waals surface area contributed by atoms with Crippen LogP contribution in [0.4, 0.5) is 11.5 Å². The lowest BCUT2D eigenvalue weighted by Gasteiger charge is -2.30. The summed E-state index contributed by atoms with van der Waals surface area (Å²) in [5.41, 5.74) is 2.96. The maximum Gasteiger partial charge on any atom is 0.530 e. The fraction of sp³-hybridized carbons (Fsp3) is 0.312. The van der Waals surface area contributed by atoms with Gasteiger partial charge in [0.1, 0.15) is 17.3 Å². The van der Waals surface area contributed by atoms with Gasteiger partial charge in [-0.1, -0.05) is 86.6 Å². The number of tetrazole rings is 1. The number of pyridine rings is 1. The van der Waals surface area contributed by atoms with Gasteiger partial charge < -0.3 is 24.6 Å². The van der Waals surface area contributed by atoms with Crippen molar-refractivity contribution in [1.82, 2.24) is 30.1 Å². The van der Waals surface area contributed by atoms with Crippen molar-refractivity contribution in [1.29, 1.82) is 0 Å². The summed E-state index contributed by atoms with van der Waals surface area (Å²) < 4.78 is 69.0. The quantitative estimate of drug-likeness (QED) is 0.0587. The lowest BCUT2D eigenvalue weighted by molar-refractivity contribution is -0.148. The molecule has 18 heteroatoms. The zero-order valence-corrected chi connectivity index (χ0v) is 38.3. The molecule has 17 nitrogen and oxygen atoms in total. The summed E-state index contributed by atoms with van der Waals surface area (Å²) in [6, 6.07) is 28.4. The van der Waals surface area contributed by atoms with Crippen molar-refractivity contribution in [2.75, 3.05) is 19.4 Å². The summed E-state index contributed by atoms with van der Waals surface area (Å²) >= 11 is 0. The zero-order valence-electron chi connectivity index (χ0n) is 40.4. The minimum absolute atomic E-state index is 0.0470. The van der Waals surface area contributed by atoms with E-state index in [2.05, 4.69) is 20.7 Å². The Hall–Kier alpha value is -6.94. The third-order valence-corrected chi connectivity index (χ3v) is 11.9. The minimum Gasteiger partial charge on any atom is -0.494 e. The summed E-state index contributed by atoms with van der Waals surface area (Å²) in [5, 5.41) is 17.1. The number of aryl methyl sites for hydroxylation is 3. The highest BCUT2D eigenvalue weighted by Gasteiger charge is 2.36. The third-order valence-electron chi connectivity index (χ3n) is 10.6. The molecule has 0 spiro atoms. The van der Waals surface area contributed by atoms with Crippen LogP contribution in [-0.2, 0) is 60.3 Å². The summed E-state index contributed by atoms with van der Waals surface area (Å²) in [7, 11) is -1.31. The average molecular weight is 920 g/mol. The Morgan fingerprint density at radius 1 is 0.939 bits per heavy atom. The molecule has 0 atom stereocenters. The molecule has 0 aliphatic heterocycles. The van der Waals surface area contributed by atoms with E-state index in [1.807, 2.05) is 99.7 Å². The van der Waals surface area contributed by atoms with E-state index in [1.165, 1.54) is 28.7 Å². The highest BCUT2D eigenvalue weighted by molar-refractivity contribution is 7.48. The standard InChI is InChI=1S/C48H53N8O9P/c1-31-23-32(2)43(40(24-31)65-66(60,63-28-33-15-10-8-11-16-33)64-29-34-17-12-9-13-18-34)48(3,4)26-42(57)62-30-56-27-37(47(59)49-5)39(25-41(56)51-46(58)35-21-22-35)50-38-20-14-19-36(44(38)61-7)45-52-54-55(6)53-45/h8-20,23-25,27,35H,21-22,26,28-30H2,1-7H3,(H,49,59)(H,51,58)/i5D3. The van der Waals surface area contributed by atoms with Gasteiger partial charge in [-0.25, -0.2) is 9.56 Å². The van der Waals surface area contributed by atoms with Gasteiger partial charge in [-0.2, -0.15) is 4.80 Å². The number of carbonyl (C=O) groups is 3. The molecule has 2 heterocycles. The number of carbonyl (C=O) groups excluding carboxylic acids is 3. The van der Waals surface area contributed by atoms with Crippen LogP contribution in [0.5, 0.6) is 11.5 Å². The molecule has 1 fully saturated rings. The van der Waals surface area contributed by atoms with Gasteiger partial charge in [0.25, 0.3) is 5.91 Å². The van der Waals surface area contributed by atoms with E-state index >= 15 is 0 Å². The second-order valence-electron chi connectivity index (χ2n) is 16.4. The number of nitrogens with one attached hydrogen (secondary N) is 2. The minimum atomic E-state index is -4.33. The van der Waals surface area contributed by atoms with E-state index < -0.39 is 38.8 Å². The van der Waals surface area contributed by atoms with Crippen LogP contribution in [0.25, 0.3) is 11.4 Å². The van der Waals surface area contributed by atoms with E-state index in [1.54, 1.807) is 31.3 Å². The summed E-state index contributed by atoms with van der Waals surface area (Å²) in [6.45, 7) is 3.78. The molecule has 7 rings (SSSR count). The number of phosphoric ester groups is 1. The SMILES string of the molecule is [2H]C([2H])([2H])NC(=O)c1cn(COC(=O)CC(C)(C)c2c(C)cc(C)cc2OP(=O)(OCc2ccccc2)OCc2ccccc2)c(NC(=O)C2CC2)cc1=Nc1cccc(-c2nnn(C)n2)c1OC. The average Bonchev–Trinajstić information content (AvgIpc) is 4.06. The van der Waals surface area contributed by atoms with Gasteiger partial charge in [-0.3, -0.25) is 28.0 Å². The molecule has 1 aliphatic carbocycles. The van der Waals surface area contributed by atoms with Gasteiger partial charge in [0.2, 0.25) is 11.7 Å². The molecule has 2 amide bonds. The number of phosphoric acid groups is 1. The van der Waals surface area contributed by atoms with Gasteiger partial charge in [0, 0.05) is 40.2 Å². The van der Waals surface area contributed by atoms with Crippen LogP contribution in [0, 0.1) is 19.8 Å². The Kier molecular flexibility index (Phi) is 13.3. The summed E-state index contributed by atoms with van der Waals surface area (Å²) in [6.07, 6.45) is 2.36. The van der Waals surface area contributed by atoms with Crippen LogP contribution in [-0.4, -0.2) is 56.6 Å². The second-order valence-corrected chi connectivity index (χ2v) is 18.0. The summed E-state index contributed by atoms with van der Waals surface area (Å²) in [5.74, 6) is -1.53. The number of esters is 1. The molecular formula is C48H53N8O9P. The number of rotatable bonds is 19. The normalized spacial score (nSPS) is 13.8. The molecule has 6 aromatic rings. The third kappa shape index (κ3) is 11.7. The van der Waals surface area contributed by atoms with Crippen molar-refractivity contribution >= 4 is 37.1 Å². The van der Waals surface area contributed by atoms with E-state index in [0.717, 1.165) is 22.3 Å². The number of anilines is 1. The lowest BCUT2D eigenvalue weighted by atomic mass is 9.78. The molecule has 0 bridgehead atoms. The molecule has 0 saturated heterocycles. The fourth-order valence-electron chi connectivity index (χ4n) is 7.41. The molecule has 1 aliphatic rings. The first-order chi connectivity index (χ1) is 32.8. The monoisotopic (exact) mass is 919 g/mol. The largest absolute Gasteiger partial charge is 0.530 e. The Morgan fingerprint density at radius 2 is 1.62 bits per heavy atom. The second kappa shape index (κ2) is 20.5. The molecule has 2 N–H and O–H groups in total. The molecule has 2 aromatic heterocycles.